The number of likely N-dealkylation sites (N-methyl/N-ethyl adjacent to an activating group) is 1. The smallest absolute Gasteiger partial charge is 0.339 e. The fourth-order valence-corrected chi connectivity index (χ4v) is 9.06. The second-order valence-corrected chi connectivity index (χ2v) is 15.0. The highest BCUT2D eigenvalue weighted by Gasteiger charge is 2.52. The predicted molar refractivity (Wildman–Crippen MR) is 200 cm³/mol. The summed E-state index contributed by atoms with van der Waals surface area (Å²) in [6.45, 7) is 1.83. The molecule has 5 aromatic rings. The van der Waals surface area contributed by atoms with Crippen LogP contribution in [0.5, 0.6) is 23.0 Å². The van der Waals surface area contributed by atoms with Gasteiger partial charge in [0.05, 0.1) is 38.9 Å². The van der Waals surface area contributed by atoms with Crippen LogP contribution in [0.1, 0.15) is 51.1 Å². The zero-order valence-electron chi connectivity index (χ0n) is 29.9. The third-order valence-corrected chi connectivity index (χ3v) is 11.5. The van der Waals surface area contributed by atoms with Gasteiger partial charge in [0.2, 0.25) is 0 Å². The first-order valence-electron chi connectivity index (χ1n) is 17.5. The quantitative estimate of drug-likeness (QED) is 0.166. The molecule has 5 heterocycles. The van der Waals surface area contributed by atoms with E-state index in [2.05, 4.69) is 74.9 Å². The first kappa shape index (κ1) is 34.5. The average Bonchev–Trinajstić information content (AvgIpc) is 3.71. The molecule has 3 aromatic carbocycles. The van der Waals surface area contributed by atoms with Gasteiger partial charge in [-0.3, -0.25) is 9.88 Å². The monoisotopic (exact) mass is 767 g/mol. The molecule has 4 aliphatic rings. The van der Waals surface area contributed by atoms with Crippen molar-refractivity contribution in [2.24, 2.45) is 13.0 Å². The number of likely N-dealkylation sites (tertiary alicyclic amines) is 1. The number of aryl methyl sites for hydroxylation is 1. The van der Waals surface area contributed by atoms with Gasteiger partial charge < -0.3 is 33.0 Å². The van der Waals surface area contributed by atoms with E-state index >= 15 is 0 Å². The van der Waals surface area contributed by atoms with Gasteiger partial charge >= 0.3 is 5.97 Å². The maximum Gasteiger partial charge on any atom is 0.339 e. The molecule has 1 saturated heterocycles. The Balaban J connectivity index is 0.000000160. The summed E-state index contributed by atoms with van der Waals surface area (Å²) in [5.74, 6) is 3.39. The van der Waals surface area contributed by atoms with Crippen LogP contribution in [0.4, 0.5) is 0 Å². The fraction of sp³-hybridized carbons (Fsp3) is 0.366. The molecule has 0 saturated carbocycles. The van der Waals surface area contributed by atoms with E-state index in [1.54, 1.807) is 26.5 Å². The summed E-state index contributed by atoms with van der Waals surface area (Å²) in [6, 6.07) is 20.3. The normalized spacial score (nSPS) is 23.8. The van der Waals surface area contributed by atoms with Gasteiger partial charge in [-0.1, -0.05) is 18.2 Å². The summed E-state index contributed by atoms with van der Waals surface area (Å²) in [7, 11) is 9.39. The molecule has 5 unspecified atom stereocenters. The Bertz CT molecular complexity index is 2150. The maximum absolute atomic E-state index is 12.5. The van der Waals surface area contributed by atoms with Crippen molar-refractivity contribution < 1.29 is 33.2 Å². The molecule has 9 rings (SSSR count). The second-order valence-electron chi connectivity index (χ2n) is 14.0. The van der Waals surface area contributed by atoms with Gasteiger partial charge in [0.1, 0.15) is 34.7 Å². The number of rotatable bonds is 6. The van der Waals surface area contributed by atoms with Crippen LogP contribution < -0.4 is 18.9 Å². The Morgan fingerprint density at radius 3 is 2.50 bits per heavy atom. The summed E-state index contributed by atoms with van der Waals surface area (Å²) in [4.78, 5) is 19.0. The van der Waals surface area contributed by atoms with Crippen LogP contribution in [0, 0.1) is 5.92 Å². The number of ether oxygens (including phenoxy) is 6. The minimum atomic E-state index is -0.421. The highest BCUT2D eigenvalue weighted by atomic mass is 79.9. The second kappa shape index (κ2) is 13.8. The highest BCUT2D eigenvalue weighted by molar-refractivity contribution is 9.10. The van der Waals surface area contributed by atoms with Crippen molar-refractivity contribution in [2.75, 3.05) is 48.1 Å². The van der Waals surface area contributed by atoms with E-state index in [4.69, 9.17) is 28.4 Å². The number of carbonyl (C=O) groups is 1. The van der Waals surface area contributed by atoms with Crippen molar-refractivity contribution in [3.63, 3.8) is 0 Å². The molecule has 0 N–H and O–H groups in total. The summed E-state index contributed by atoms with van der Waals surface area (Å²) in [5, 5.41) is 1.31. The lowest BCUT2D eigenvalue weighted by Crippen LogP contribution is -2.59. The summed E-state index contributed by atoms with van der Waals surface area (Å²) in [5.41, 5.74) is 6.15. The Morgan fingerprint density at radius 2 is 1.75 bits per heavy atom. The van der Waals surface area contributed by atoms with E-state index in [1.807, 2.05) is 37.4 Å². The lowest BCUT2D eigenvalue weighted by molar-refractivity contribution is -0.131. The minimum Gasteiger partial charge on any atom is -0.497 e. The number of halogens is 1. The van der Waals surface area contributed by atoms with E-state index in [9.17, 15) is 4.79 Å². The maximum atomic E-state index is 12.5. The number of hydrogen-bond acceptors (Lipinski definition) is 9. The van der Waals surface area contributed by atoms with Gasteiger partial charge in [-0.2, -0.15) is 0 Å². The molecule has 0 radical (unpaired) electrons. The highest BCUT2D eigenvalue weighted by Crippen LogP contribution is 2.52. The van der Waals surface area contributed by atoms with E-state index in [1.165, 1.54) is 33.8 Å². The Morgan fingerprint density at radius 1 is 0.981 bits per heavy atom. The van der Waals surface area contributed by atoms with E-state index in [-0.39, 0.29) is 30.0 Å². The number of hydrogen-bond donors (Lipinski definition) is 0. The fourth-order valence-electron chi connectivity index (χ4n) is 8.70. The lowest BCUT2D eigenvalue weighted by atomic mass is 9.69. The molecule has 0 spiro atoms. The number of nitrogens with zero attached hydrogens (tertiary/aromatic N) is 3. The Hall–Kier alpha value is -4.58. The molecular weight excluding hydrogens is 726 g/mol. The number of benzene rings is 3. The van der Waals surface area contributed by atoms with E-state index < -0.39 is 5.60 Å². The third-order valence-electron chi connectivity index (χ3n) is 11.1. The SMILES string of the molecule is COC12CC(COC(=O)c3cncc(Br)c3)CN(C)C1Cc1cn(C)c3cccc2c13.COc1ccc2c(c1)OC1c3ccc(OC)cc3OCC21. The van der Waals surface area contributed by atoms with Crippen LogP contribution in [0.15, 0.2) is 83.7 Å². The van der Waals surface area contributed by atoms with Gasteiger partial charge in [-0.05, 0) is 77.3 Å². The molecule has 0 amide bonds. The Labute approximate surface area is 311 Å². The predicted octanol–water partition coefficient (Wildman–Crippen LogP) is 7.22. The number of piperidine rings is 1. The van der Waals surface area contributed by atoms with Crippen LogP contribution in [0.3, 0.4) is 0 Å². The molecule has 2 aromatic heterocycles. The molecule has 1 fully saturated rings. The van der Waals surface area contributed by atoms with Gasteiger partial charge in [0.15, 0.2) is 0 Å². The molecule has 3 aliphatic heterocycles. The molecule has 1 aliphatic carbocycles. The third kappa shape index (κ3) is 5.88. The van der Waals surface area contributed by atoms with Crippen LogP contribution in [0.2, 0.25) is 0 Å². The summed E-state index contributed by atoms with van der Waals surface area (Å²) < 4.78 is 37.6. The van der Waals surface area contributed by atoms with Crippen LogP contribution in [0.25, 0.3) is 10.9 Å². The molecule has 52 heavy (non-hydrogen) atoms. The number of carbonyl (C=O) groups excluding carboxylic acids is 1. The van der Waals surface area contributed by atoms with Gasteiger partial charge in [-0.25, -0.2) is 4.79 Å². The van der Waals surface area contributed by atoms with Gasteiger partial charge in [-0.15, -0.1) is 0 Å². The average molecular weight is 769 g/mol. The number of fused-ring (bicyclic) bond motifs is 7. The largest absolute Gasteiger partial charge is 0.497 e. The molecule has 10 nitrogen and oxygen atoms in total. The van der Waals surface area contributed by atoms with Crippen LogP contribution in [-0.4, -0.2) is 74.6 Å². The number of aromatic nitrogens is 2. The topological polar surface area (TPSA) is 93.5 Å². The molecular formula is C41H42BrN3O7. The number of pyridine rings is 1. The summed E-state index contributed by atoms with van der Waals surface area (Å²) >= 11 is 3.35. The number of methoxy groups -OCH3 is 3. The van der Waals surface area contributed by atoms with Gasteiger partial charge in [0, 0.05) is 89.9 Å². The van der Waals surface area contributed by atoms with Crippen molar-refractivity contribution in [3.05, 3.63) is 112 Å². The van der Waals surface area contributed by atoms with Crippen LogP contribution in [-0.2, 0) is 28.5 Å². The van der Waals surface area contributed by atoms with Crippen molar-refractivity contribution in [2.45, 2.75) is 36.5 Å². The van der Waals surface area contributed by atoms with Crippen molar-refractivity contribution in [1.82, 2.24) is 14.5 Å². The van der Waals surface area contributed by atoms with E-state index in [0.29, 0.717) is 18.8 Å². The molecule has 0 bridgehead atoms. The van der Waals surface area contributed by atoms with Crippen LogP contribution >= 0.6 is 15.9 Å². The van der Waals surface area contributed by atoms with E-state index in [0.717, 1.165) is 52.4 Å². The minimum absolute atomic E-state index is 0.00163. The lowest BCUT2D eigenvalue weighted by Gasteiger charge is -2.53. The molecule has 5 atom stereocenters. The standard InChI is InChI=1S/C24H26BrN3O3.C17H16O4/c1-27-13-17-8-21-24(30-3,19-5-4-6-20(27)22(17)19)9-15(12-28(21)2)14-31-23(29)16-7-18(25)11-26-10-16;1-18-10-4-6-13-15(7-10)20-9-14-12-5-3-11(19-2)8-16(12)21-17(13)14/h4-7,10-11,13,15,21H,8-9,12,14H2,1-3H3;3-8,14,17H,9H2,1-2H3. The Kier molecular flexibility index (Phi) is 9.13. The first-order valence-corrected chi connectivity index (χ1v) is 18.3. The zero-order chi connectivity index (χ0) is 36.1. The van der Waals surface area contributed by atoms with Gasteiger partial charge in [0.25, 0.3) is 0 Å². The number of esters is 1. The summed E-state index contributed by atoms with van der Waals surface area (Å²) in [6.07, 6.45) is 7.20. The van der Waals surface area contributed by atoms with Crippen molar-refractivity contribution >= 4 is 32.8 Å². The van der Waals surface area contributed by atoms with Crippen molar-refractivity contribution in [3.8, 4) is 23.0 Å². The molecule has 11 heteroatoms. The zero-order valence-corrected chi connectivity index (χ0v) is 31.5. The molecule has 270 valence electrons. The first-order chi connectivity index (χ1) is 25.2. The van der Waals surface area contributed by atoms with Crippen molar-refractivity contribution in [1.29, 1.82) is 0 Å².